The number of urea groups is 1. The van der Waals surface area contributed by atoms with E-state index in [0.29, 0.717) is 24.4 Å². The number of hydrogen-bond donors (Lipinski definition) is 2. The standard InChI is InChI=1S/C27H28N4O3/c1-34-24-10-3-2-8-21(24)29-27(33)31-16-18(26(32)30-11-4-5-12-30)13-20-19-7-6-9-22-25(19)17(15-28-22)14-23(20)31/h2-3,6-10,13,15,18,23,28H,4-5,11-12,14,16H2,1H3,(H,29,33)/t18-,23-/m1/s1. The van der Waals surface area contributed by atoms with Gasteiger partial charge in [0.2, 0.25) is 5.91 Å². The number of rotatable bonds is 3. The Hall–Kier alpha value is -3.74. The van der Waals surface area contributed by atoms with Crippen molar-refractivity contribution in [2.45, 2.75) is 25.3 Å². The highest BCUT2D eigenvalue weighted by molar-refractivity contribution is 6.01. The van der Waals surface area contributed by atoms with Crippen LogP contribution in [0.15, 0.2) is 54.7 Å². The van der Waals surface area contributed by atoms with Gasteiger partial charge in [0.05, 0.1) is 24.8 Å². The molecule has 2 aromatic carbocycles. The zero-order valence-electron chi connectivity index (χ0n) is 19.2. The Morgan fingerprint density at radius 1 is 1.09 bits per heavy atom. The molecule has 1 aromatic heterocycles. The third kappa shape index (κ3) is 3.34. The van der Waals surface area contributed by atoms with Crippen molar-refractivity contribution in [1.29, 1.82) is 0 Å². The second-order valence-electron chi connectivity index (χ2n) is 9.31. The zero-order valence-corrected chi connectivity index (χ0v) is 19.2. The average Bonchev–Trinajstić information content (AvgIpc) is 3.55. The number of hydrogen-bond acceptors (Lipinski definition) is 3. The van der Waals surface area contributed by atoms with E-state index in [4.69, 9.17) is 4.74 Å². The first-order chi connectivity index (χ1) is 16.6. The lowest BCUT2D eigenvalue weighted by Gasteiger charge is -2.42. The van der Waals surface area contributed by atoms with Gasteiger partial charge in [-0.25, -0.2) is 4.79 Å². The summed E-state index contributed by atoms with van der Waals surface area (Å²) in [6.45, 7) is 1.96. The van der Waals surface area contributed by atoms with Gasteiger partial charge >= 0.3 is 6.03 Å². The van der Waals surface area contributed by atoms with Crippen LogP contribution in [0, 0.1) is 5.92 Å². The number of nitrogens with one attached hydrogen (secondary N) is 2. The molecule has 7 nitrogen and oxygen atoms in total. The van der Waals surface area contributed by atoms with Gasteiger partial charge in [-0.2, -0.15) is 0 Å². The first kappa shape index (κ1) is 20.8. The van der Waals surface area contributed by atoms with E-state index in [1.165, 1.54) is 10.9 Å². The minimum absolute atomic E-state index is 0.116. The van der Waals surface area contributed by atoms with Gasteiger partial charge in [0, 0.05) is 36.7 Å². The number of anilines is 1. The van der Waals surface area contributed by atoms with E-state index in [2.05, 4.69) is 28.5 Å². The number of carbonyl (C=O) groups is 2. The van der Waals surface area contributed by atoms with Gasteiger partial charge in [0.1, 0.15) is 5.75 Å². The van der Waals surface area contributed by atoms with Crippen molar-refractivity contribution >= 4 is 34.1 Å². The molecule has 2 N–H and O–H groups in total. The van der Waals surface area contributed by atoms with Crippen LogP contribution in [0.1, 0.15) is 24.0 Å². The van der Waals surface area contributed by atoms with Gasteiger partial charge < -0.3 is 24.8 Å². The average molecular weight is 457 g/mol. The van der Waals surface area contributed by atoms with Crippen molar-refractivity contribution in [1.82, 2.24) is 14.8 Å². The Labute approximate surface area is 198 Å². The number of amides is 3. The fraction of sp³-hybridized carbons (Fsp3) is 0.333. The van der Waals surface area contributed by atoms with Crippen LogP contribution in [-0.4, -0.2) is 59.5 Å². The number of benzene rings is 2. The highest BCUT2D eigenvalue weighted by Crippen LogP contribution is 2.42. The molecule has 34 heavy (non-hydrogen) atoms. The number of H-pyrrole nitrogens is 1. The van der Waals surface area contributed by atoms with Gasteiger partial charge in [-0.05, 0) is 54.2 Å². The summed E-state index contributed by atoms with van der Waals surface area (Å²) < 4.78 is 5.43. The molecule has 3 amide bonds. The topological polar surface area (TPSA) is 77.7 Å². The van der Waals surface area contributed by atoms with Crippen molar-refractivity contribution in [3.8, 4) is 5.75 Å². The van der Waals surface area contributed by atoms with E-state index in [1.807, 2.05) is 46.3 Å². The van der Waals surface area contributed by atoms with Crippen molar-refractivity contribution in [2.75, 3.05) is 32.1 Å². The minimum atomic E-state index is -0.358. The van der Waals surface area contributed by atoms with Crippen LogP contribution in [0.3, 0.4) is 0 Å². The fourth-order valence-corrected chi connectivity index (χ4v) is 5.72. The summed E-state index contributed by atoms with van der Waals surface area (Å²) in [6, 6.07) is 13.3. The molecule has 174 valence electrons. The first-order valence-electron chi connectivity index (χ1n) is 11.9. The maximum atomic E-state index is 13.7. The fourth-order valence-electron chi connectivity index (χ4n) is 5.72. The van der Waals surface area contributed by atoms with Crippen LogP contribution in [0.5, 0.6) is 5.75 Å². The van der Waals surface area contributed by atoms with E-state index in [9.17, 15) is 9.59 Å². The Kier molecular flexibility index (Phi) is 5.05. The molecule has 0 radical (unpaired) electrons. The number of methoxy groups -OCH3 is 1. The Morgan fingerprint density at radius 2 is 1.91 bits per heavy atom. The number of fused-ring (bicyclic) bond motifs is 2. The molecular formula is C27H28N4O3. The normalized spacial score (nSPS) is 21.3. The Bertz CT molecular complexity index is 1300. The number of aromatic amines is 1. The Morgan fingerprint density at radius 3 is 2.74 bits per heavy atom. The molecule has 0 unspecified atom stereocenters. The second-order valence-corrected chi connectivity index (χ2v) is 9.31. The summed E-state index contributed by atoms with van der Waals surface area (Å²) in [5.41, 5.74) is 5.08. The predicted molar refractivity (Wildman–Crippen MR) is 132 cm³/mol. The lowest BCUT2D eigenvalue weighted by Crippen LogP contribution is -2.52. The summed E-state index contributed by atoms with van der Waals surface area (Å²) in [5.74, 6) is 0.365. The van der Waals surface area contributed by atoms with Gasteiger partial charge in [-0.1, -0.05) is 30.3 Å². The quantitative estimate of drug-likeness (QED) is 0.618. The summed E-state index contributed by atoms with van der Waals surface area (Å²) in [6.07, 6.45) is 6.97. The number of para-hydroxylation sites is 2. The van der Waals surface area contributed by atoms with Gasteiger partial charge in [0.15, 0.2) is 0 Å². The first-order valence-corrected chi connectivity index (χ1v) is 11.9. The zero-order chi connectivity index (χ0) is 23.2. The maximum Gasteiger partial charge on any atom is 0.322 e. The van der Waals surface area contributed by atoms with Crippen molar-refractivity contribution in [3.05, 3.63) is 65.9 Å². The SMILES string of the molecule is COc1ccccc1NC(=O)N1C[C@H](C(=O)N2CCCC2)C=C2c3cccc4[nH]cc(c34)C[C@H]21. The molecule has 2 atom stereocenters. The maximum absolute atomic E-state index is 13.7. The smallest absolute Gasteiger partial charge is 0.322 e. The third-order valence-electron chi connectivity index (χ3n) is 7.37. The predicted octanol–water partition coefficient (Wildman–Crippen LogP) is 4.27. The summed E-state index contributed by atoms with van der Waals surface area (Å²) >= 11 is 0. The highest BCUT2D eigenvalue weighted by Gasteiger charge is 2.40. The minimum Gasteiger partial charge on any atom is -0.495 e. The van der Waals surface area contributed by atoms with E-state index in [0.717, 1.165) is 42.6 Å². The molecule has 0 bridgehead atoms. The summed E-state index contributed by atoms with van der Waals surface area (Å²) in [7, 11) is 1.59. The van der Waals surface area contributed by atoms with Crippen molar-refractivity contribution < 1.29 is 14.3 Å². The molecule has 1 fully saturated rings. The number of nitrogens with zero attached hydrogens (tertiary/aromatic N) is 2. The van der Waals surface area contributed by atoms with E-state index in [-0.39, 0.29) is 23.9 Å². The largest absolute Gasteiger partial charge is 0.495 e. The van der Waals surface area contributed by atoms with Crippen LogP contribution in [0.25, 0.3) is 16.5 Å². The number of ether oxygens (including phenoxy) is 1. The molecule has 7 heteroatoms. The third-order valence-corrected chi connectivity index (χ3v) is 7.37. The monoisotopic (exact) mass is 456 g/mol. The molecule has 0 spiro atoms. The number of aromatic nitrogens is 1. The van der Waals surface area contributed by atoms with E-state index in [1.54, 1.807) is 7.11 Å². The van der Waals surface area contributed by atoms with Crippen LogP contribution in [0.4, 0.5) is 10.5 Å². The number of likely N-dealkylation sites (tertiary alicyclic amines) is 1. The van der Waals surface area contributed by atoms with E-state index >= 15 is 0 Å². The lowest BCUT2D eigenvalue weighted by molar-refractivity contribution is -0.133. The molecule has 1 aliphatic carbocycles. The highest BCUT2D eigenvalue weighted by atomic mass is 16.5. The van der Waals surface area contributed by atoms with Crippen LogP contribution >= 0.6 is 0 Å². The molecule has 3 aliphatic rings. The molecular weight excluding hydrogens is 428 g/mol. The summed E-state index contributed by atoms with van der Waals surface area (Å²) in [5, 5.41) is 4.24. The summed E-state index contributed by atoms with van der Waals surface area (Å²) in [4.78, 5) is 34.3. The van der Waals surface area contributed by atoms with Gasteiger partial charge in [-0.3, -0.25) is 4.79 Å². The van der Waals surface area contributed by atoms with Crippen LogP contribution in [-0.2, 0) is 11.2 Å². The van der Waals surface area contributed by atoms with Crippen molar-refractivity contribution in [2.24, 2.45) is 5.92 Å². The van der Waals surface area contributed by atoms with Crippen LogP contribution < -0.4 is 10.1 Å². The number of carbonyl (C=O) groups excluding carboxylic acids is 2. The molecule has 1 saturated heterocycles. The lowest BCUT2D eigenvalue weighted by atomic mass is 9.79. The second kappa shape index (κ2) is 8.24. The molecule has 3 heterocycles. The Balaban J connectivity index is 1.39. The van der Waals surface area contributed by atoms with Gasteiger partial charge in [0.25, 0.3) is 0 Å². The molecule has 6 rings (SSSR count). The molecule has 0 saturated carbocycles. The molecule has 3 aromatic rings. The van der Waals surface area contributed by atoms with Gasteiger partial charge in [-0.15, -0.1) is 0 Å². The van der Waals surface area contributed by atoms with Crippen molar-refractivity contribution in [3.63, 3.8) is 0 Å². The van der Waals surface area contributed by atoms with E-state index < -0.39 is 0 Å². The van der Waals surface area contributed by atoms with Crippen LogP contribution in [0.2, 0.25) is 0 Å². The molecule has 2 aliphatic heterocycles.